The van der Waals surface area contributed by atoms with Crippen molar-refractivity contribution in [2.45, 2.75) is 25.3 Å². The van der Waals surface area contributed by atoms with Gasteiger partial charge < -0.3 is 13.9 Å². The van der Waals surface area contributed by atoms with E-state index in [1.165, 1.54) is 25.3 Å². The summed E-state index contributed by atoms with van der Waals surface area (Å²) in [6.45, 7) is 1.82. The van der Waals surface area contributed by atoms with Crippen molar-refractivity contribution in [1.82, 2.24) is 5.32 Å². The molecule has 2 rings (SSSR count). The second kappa shape index (κ2) is 6.71. The highest BCUT2D eigenvalue weighted by Crippen LogP contribution is 2.31. The summed E-state index contributed by atoms with van der Waals surface area (Å²) in [6.07, 6.45) is 2.50. The molecule has 10 heteroatoms. The lowest BCUT2D eigenvalue weighted by molar-refractivity contribution is -0.118. The first kappa shape index (κ1) is 18.1. The first-order valence-corrected chi connectivity index (χ1v) is 8.26. The Bertz CT molecular complexity index is 842. The van der Waals surface area contributed by atoms with Gasteiger partial charge >= 0.3 is 15.6 Å². The average molecular weight is 365 g/mol. The number of carbonyl (C=O) groups is 1. The SMILES string of the molecule is CC(=O)NCCCc1coc2ccc(OS(=O)(=O)C(F)(F)F)cc12. The normalized spacial score (nSPS) is 12.3. The molecule has 0 saturated heterocycles. The van der Waals surface area contributed by atoms with Crippen LogP contribution in [0.3, 0.4) is 0 Å². The zero-order valence-electron chi connectivity index (χ0n) is 12.5. The minimum Gasteiger partial charge on any atom is -0.464 e. The first-order valence-electron chi connectivity index (χ1n) is 6.85. The van der Waals surface area contributed by atoms with Gasteiger partial charge in [0, 0.05) is 18.9 Å². The third kappa shape index (κ3) is 4.19. The van der Waals surface area contributed by atoms with E-state index >= 15 is 0 Å². The van der Waals surface area contributed by atoms with Crippen LogP contribution in [0.1, 0.15) is 18.9 Å². The van der Waals surface area contributed by atoms with E-state index in [2.05, 4.69) is 9.50 Å². The maximum Gasteiger partial charge on any atom is 0.534 e. The molecule has 0 aliphatic heterocycles. The molecule has 0 fully saturated rings. The van der Waals surface area contributed by atoms with Crippen molar-refractivity contribution in [3.63, 3.8) is 0 Å². The van der Waals surface area contributed by atoms with E-state index in [0.29, 0.717) is 35.9 Å². The molecule has 0 aliphatic rings. The lowest BCUT2D eigenvalue weighted by atomic mass is 10.1. The van der Waals surface area contributed by atoms with Crippen LogP contribution in [0.4, 0.5) is 13.2 Å². The Kier molecular flexibility index (Phi) is 5.07. The van der Waals surface area contributed by atoms with Crippen molar-refractivity contribution >= 4 is 27.0 Å². The Morgan fingerprint density at radius 3 is 2.67 bits per heavy atom. The highest BCUT2D eigenvalue weighted by molar-refractivity contribution is 7.88. The Labute approximate surface area is 135 Å². The van der Waals surface area contributed by atoms with Crippen LogP contribution < -0.4 is 9.50 Å². The summed E-state index contributed by atoms with van der Waals surface area (Å²) in [6, 6.07) is 3.58. The molecule has 24 heavy (non-hydrogen) atoms. The lowest BCUT2D eigenvalue weighted by Crippen LogP contribution is -2.28. The molecule has 132 valence electrons. The quantitative estimate of drug-likeness (QED) is 0.483. The third-order valence-corrected chi connectivity index (χ3v) is 4.09. The summed E-state index contributed by atoms with van der Waals surface area (Å²) in [4.78, 5) is 10.8. The Balaban J connectivity index is 2.18. The van der Waals surface area contributed by atoms with Crippen molar-refractivity contribution in [2.24, 2.45) is 0 Å². The molecular formula is C14H14F3NO5S. The molecule has 0 radical (unpaired) electrons. The van der Waals surface area contributed by atoms with Gasteiger partial charge in [0.2, 0.25) is 5.91 Å². The van der Waals surface area contributed by atoms with E-state index in [9.17, 15) is 26.4 Å². The number of hydrogen-bond acceptors (Lipinski definition) is 5. The maximum absolute atomic E-state index is 12.4. The van der Waals surface area contributed by atoms with Crippen LogP contribution in [0.5, 0.6) is 5.75 Å². The largest absolute Gasteiger partial charge is 0.534 e. The molecule has 1 amide bonds. The van der Waals surface area contributed by atoms with Crippen molar-refractivity contribution < 1.29 is 35.0 Å². The zero-order valence-corrected chi connectivity index (χ0v) is 13.3. The molecular weight excluding hydrogens is 351 g/mol. The second-order valence-corrected chi connectivity index (χ2v) is 6.53. The summed E-state index contributed by atoms with van der Waals surface area (Å²) >= 11 is 0. The molecule has 1 aromatic heterocycles. The van der Waals surface area contributed by atoms with Crippen molar-refractivity contribution in [3.05, 3.63) is 30.0 Å². The van der Waals surface area contributed by atoms with Gasteiger partial charge in [0.1, 0.15) is 11.3 Å². The highest BCUT2D eigenvalue weighted by atomic mass is 32.2. The number of benzene rings is 1. The lowest BCUT2D eigenvalue weighted by Gasteiger charge is -2.09. The molecule has 0 spiro atoms. The van der Waals surface area contributed by atoms with Gasteiger partial charge in [-0.1, -0.05) is 0 Å². The minimum absolute atomic E-state index is 0.167. The average Bonchev–Trinajstić information content (AvgIpc) is 2.84. The van der Waals surface area contributed by atoms with E-state index < -0.39 is 21.4 Å². The van der Waals surface area contributed by atoms with Crippen LogP contribution in [0.2, 0.25) is 0 Å². The number of halogens is 3. The molecule has 1 N–H and O–H groups in total. The van der Waals surface area contributed by atoms with Gasteiger partial charge in [-0.05, 0) is 36.6 Å². The number of amides is 1. The number of rotatable bonds is 6. The van der Waals surface area contributed by atoms with E-state index in [1.807, 2.05) is 0 Å². The van der Waals surface area contributed by atoms with E-state index in [-0.39, 0.29) is 5.91 Å². The van der Waals surface area contributed by atoms with Crippen LogP contribution in [-0.2, 0) is 21.3 Å². The summed E-state index contributed by atoms with van der Waals surface area (Å²) in [7, 11) is -5.72. The van der Waals surface area contributed by atoms with Gasteiger partial charge in [0.25, 0.3) is 0 Å². The highest BCUT2D eigenvalue weighted by Gasteiger charge is 2.48. The van der Waals surface area contributed by atoms with Gasteiger partial charge in [-0.2, -0.15) is 21.6 Å². The smallest absolute Gasteiger partial charge is 0.464 e. The summed E-state index contributed by atoms with van der Waals surface area (Å²) in [5.41, 5.74) is -4.44. The maximum atomic E-state index is 12.4. The number of furan rings is 1. The zero-order chi connectivity index (χ0) is 18.0. The van der Waals surface area contributed by atoms with Gasteiger partial charge in [0.05, 0.1) is 6.26 Å². The fourth-order valence-electron chi connectivity index (χ4n) is 2.02. The van der Waals surface area contributed by atoms with E-state index in [4.69, 9.17) is 4.42 Å². The Hall–Kier alpha value is -2.23. The number of hydrogen-bond donors (Lipinski definition) is 1. The number of carbonyl (C=O) groups excluding carboxylic acids is 1. The molecule has 0 aliphatic carbocycles. The van der Waals surface area contributed by atoms with Gasteiger partial charge in [-0.25, -0.2) is 0 Å². The van der Waals surface area contributed by atoms with Crippen LogP contribution in [0.15, 0.2) is 28.9 Å². The van der Waals surface area contributed by atoms with E-state index in [0.717, 1.165) is 6.07 Å². The van der Waals surface area contributed by atoms with Gasteiger partial charge in [-0.15, -0.1) is 0 Å². The second-order valence-electron chi connectivity index (χ2n) is 4.99. The molecule has 0 bridgehead atoms. The van der Waals surface area contributed by atoms with Crippen LogP contribution in [0.25, 0.3) is 11.0 Å². The monoisotopic (exact) mass is 365 g/mol. The van der Waals surface area contributed by atoms with Crippen LogP contribution >= 0.6 is 0 Å². The number of aryl methyl sites for hydroxylation is 1. The molecule has 0 unspecified atom stereocenters. The molecule has 0 atom stereocenters. The van der Waals surface area contributed by atoms with Gasteiger partial charge in [-0.3, -0.25) is 4.79 Å². The summed E-state index contributed by atoms with van der Waals surface area (Å²) < 4.78 is 68.5. The molecule has 1 heterocycles. The third-order valence-electron chi connectivity index (χ3n) is 3.11. The van der Waals surface area contributed by atoms with E-state index in [1.54, 1.807) is 0 Å². The van der Waals surface area contributed by atoms with Crippen molar-refractivity contribution in [2.75, 3.05) is 6.54 Å². The fourth-order valence-corrected chi connectivity index (χ4v) is 2.48. The molecule has 1 aromatic carbocycles. The molecule has 2 aromatic rings. The minimum atomic E-state index is -5.72. The van der Waals surface area contributed by atoms with Crippen LogP contribution in [0, 0.1) is 0 Å². The topological polar surface area (TPSA) is 85.6 Å². The van der Waals surface area contributed by atoms with Crippen LogP contribution in [-0.4, -0.2) is 26.4 Å². The number of alkyl halides is 3. The fraction of sp³-hybridized carbons (Fsp3) is 0.357. The first-order chi connectivity index (χ1) is 11.1. The summed E-state index contributed by atoms with van der Waals surface area (Å²) in [5.74, 6) is -0.621. The van der Waals surface area contributed by atoms with Gasteiger partial charge in [0.15, 0.2) is 0 Å². The standard InChI is InChI=1S/C14H14F3NO5S/c1-9(19)18-6-2-3-10-8-22-13-5-4-11(7-12(10)13)23-24(20,21)14(15,16)17/h4-5,7-8H,2-3,6H2,1H3,(H,18,19). The Morgan fingerprint density at radius 2 is 2.04 bits per heavy atom. The molecule has 0 saturated carbocycles. The predicted octanol–water partition coefficient (Wildman–Crippen LogP) is 2.73. The molecule has 6 nitrogen and oxygen atoms in total. The van der Waals surface area contributed by atoms with Crippen molar-refractivity contribution in [3.8, 4) is 5.75 Å². The Morgan fingerprint density at radius 1 is 1.33 bits per heavy atom. The number of nitrogens with one attached hydrogen (secondary N) is 1. The van der Waals surface area contributed by atoms with Crippen molar-refractivity contribution in [1.29, 1.82) is 0 Å². The predicted molar refractivity (Wildman–Crippen MR) is 78.8 cm³/mol. The number of fused-ring (bicyclic) bond motifs is 1. The summed E-state index contributed by atoms with van der Waals surface area (Å²) in [5, 5.41) is 3.07.